The van der Waals surface area contributed by atoms with Gasteiger partial charge in [0.1, 0.15) is 5.75 Å². The van der Waals surface area contributed by atoms with E-state index in [-0.39, 0.29) is 12.5 Å². The molecular weight excluding hydrogens is 313 g/mol. The predicted octanol–water partition coefficient (Wildman–Crippen LogP) is 3.86. The van der Waals surface area contributed by atoms with E-state index in [2.05, 4.69) is 15.5 Å². The number of halogens is 2. The molecule has 5 nitrogen and oxygen atoms in total. The van der Waals surface area contributed by atoms with Gasteiger partial charge in [0.05, 0.1) is 10.0 Å². The van der Waals surface area contributed by atoms with Gasteiger partial charge in [-0.1, -0.05) is 37.0 Å². The smallest absolute Gasteiger partial charge is 0.263 e. The molecule has 2 N–H and O–H groups in total. The Labute approximate surface area is 132 Å². The number of ether oxygens (including phenoxy) is 1. The number of H-pyrrole nitrogens is 1. The lowest BCUT2D eigenvalue weighted by Crippen LogP contribution is -2.20. The van der Waals surface area contributed by atoms with E-state index in [0.29, 0.717) is 27.5 Å². The van der Waals surface area contributed by atoms with Crippen LogP contribution in [-0.4, -0.2) is 22.7 Å². The number of rotatable bonds is 5. The Hall–Kier alpha value is -1.72. The molecule has 1 amide bonds. The summed E-state index contributed by atoms with van der Waals surface area (Å²) in [6.45, 7) is 3.93. The van der Waals surface area contributed by atoms with Crippen molar-refractivity contribution in [2.24, 2.45) is 0 Å². The van der Waals surface area contributed by atoms with Crippen LogP contribution in [0.4, 0.5) is 5.82 Å². The van der Waals surface area contributed by atoms with Gasteiger partial charge in [-0.15, -0.1) is 0 Å². The summed E-state index contributed by atoms with van der Waals surface area (Å²) in [7, 11) is 0. The molecular formula is C14H15Cl2N3O2. The van der Waals surface area contributed by atoms with Gasteiger partial charge in [0.2, 0.25) is 0 Å². The Bertz CT molecular complexity index is 641. The van der Waals surface area contributed by atoms with Crippen molar-refractivity contribution in [3.63, 3.8) is 0 Å². The molecule has 21 heavy (non-hydrogen) atoms. The Kier molecular flexibility index (Phi) is 5.09. The van der Waals surface area contributed by atoms with Crippen LogP contribution in [-0.2, 0) is 4.79 Å². The van der Waals surface area contributed by atoms with Crippen LogP contribution in [0.2, 0.25) is 10.0 Å². The van der Waals surface area contributed by atoms with Crippen LogP contribution in [0.25, 0.3) is 0 Å². The molecule has 0 bridgehead atoms. The molecule has 112 valence electrons. The molecule has 7 heteroatoms. The summed E-state index contributed by atoms with van der Waals surface area (Å²) in [5, 5.41) is 10.3. The lowest BCUT2D eigenvalue weighted by molar-refractivity contribution is -0.118. The summed E-state index contributed by atoms with van der Waals surface area (Å²) in [6, 6.07) is 6.61. The lowest BCUT2D eigenvalue weighted by atomic mass is 10.1. The highest BCUT2D eigenvalue weighted by molar-refractivity contribution is 6.42. The van der Waals surface area contributed by atoms with E-state index < -0.39 is 0 Å². The number of amides is 1. The van der Waals surface area contributed by atoms with Gasteiger partial charge in [-0.2, -0.15) is 5.10 Å². The second-order valence-corrected chi connectivity index (χ2v) is 5.59. The van der Waals surface area contributed by atoms with E-state index in [1.807, 2.05) is 13.8 Å². The van der Waals surface area contributed by atoms with Crippen molar-refractivity contribution >= 4 is 34.9 Å². The van der Waals surface area contributed by atoms with Crippen molar-refractivity contribution in [2.75, 3.05) is 11.9 Å². The van der Waals surface area contributed by atoms with Crippen molar-refractivity contribution in [2.45, 2.75) is 19.8 Å². The third-order valence-electron chi connectivity index (χ3n) is 2.75. The molecule has 0 unspecified atom stereocenters. The monoisotopic (exact) mass is 327 g/mol. The zero-order valence-corrected chi connectivity index (χ0v) is 13.1. The van der Waals surface area contributed by atoms with Crippen molar-refractivity contribution in [3.05, 3.63) is 40.0 Å². The molecule has 1 aromatic heterocycles. The molecule has 0 spiro atoms. The van der Waals surface area contributed by atoms with Crippen LogP contribution in [0.5, 0.6) is 5.75 Å². The zero-order valence-electron chi connectivity index (χ0n) is 11.6. The number of nitrogens with zero attached hydrogens (tertiary/aromatic N) is 1. The van der Waals surface area contributed by atoms with Crippen LogP contribution in [0.15, 0.2) is 24.3 Å². The van der Waals surface area contributed by atoms with Crippen LogP contribution >= 0.6 is 23.2 Å². The highest BCUT2D eigenvalue weighted by Crippen LogP contribution is 2.26. The Balaban J connectivity index is 1.88. The van der Waals surface area contributed by atoms with E-state index >= 15 is 0 Å². The van der Waals surface area contributed by atoms with Crippen LogP contribution in [0, 0.1) is 0 Å². The van der Waals surface area contributed by atoms with E-state index in [0.717, 1.165) is 5.69 Å². The minimum Gasteiger partial charge on any atom is -0.484 e. The first-order chi connectivity index (χ1) is 9.95. The highest BCUT2D eigenvalue weighted by atomic mass is 35.5. The van der Waals surface area contributed by atoms with Gasteiger partial charge in [-0.05, 0) is 18.1 Å². The maximum Gasteiger partial charge on any atom is 0.263 e. The van der Waals surface area contributed by atoms with E-state index in [9.17, 15) is 4.79 Å². The number of nitrogens with one attached hydrogen (secondary N) is 2. The Morgan fingerprint density at radius 3 is 2.71 bits per heavy atom. The summed E-state index contributed by atoms with van der Waals surface area (Å²) in [5.41, 5.74) is 0.954. The maximum absolute atomic E-state index is 11.8. The van der Waals surface area contributed by atoms with Crippen LogP contribution < -0.4 is 10.1 Å². The third kappa shape index (κ3) is 4.37. The summed E-state index contributed by atoms with van der Waals surface area (Å²) in [5.74, 6) is 0.962. The standard InChI is InChI=1S/C14H15Cl2N3O2/c1-8(2)12-6-13(19-18-12)17-14(20)7-21-9-3-4-10(15)11(16)5-9/h3-6,8H,7H2,1-2H3,(H2,17,18,19,20). The van der Waals surface area contributed by atoms with Gasteiger partial charge < -0.3 is 10.1 Å². The minimum atomic E-state index is -0.303. The average molecular weight is 328 g/mol. The fraction of sp³-hybridized carbons (Fsp3) is 0.286. The quantitative estimate of drug-likeness (QED) is 0.876. The first-order valence-corrected chi connectivity index (χ1v) is 7.14. The molecule has 1 heterocycles. The number of aromatic amines is 1. The van der Waals surface area contributed by atoms with E-state index in [1.165, 1.54) is 0 Å². The maximum atomic E-state index is 11.8. The van der Waals surface area contributed by atoms with Gasteiger partial charge in [0.15, 0.2) is 12.4 Å². The molecule has 0 fully saturated rings. The van der Waals surface area contributed by atoms with Gasteiger partial charge in [-0.25, -0.2) is 0 Å². The molecule has 2 aromatic rings. The second-order valence-electron chi connectivity index (χ2n) is 4.78. The van der Waals surface area contributed by atoms with E-state index in [4.69, 9.17) is 27.9 Å². The molecule has 0 aliphatic rings. The predicted molar refractivity (Wildman–Crippen MR) is 83.3 cm³/mol. The normalized spacial score (nSPS) is 10.7. The first kappa shape index (κ1) is 15.7. The zero-order chi connectivity index (χ0) is 15.4. The SMILES string of the molecule is CC(C)c1cc(NC(=O)COc2ccc(Cl)c(Cl)c2)n[nH]1. The van der Waals surface area contributed by atoms with Gasteiger partial charge in [-0.3, -0.25) is 9.89 Å². The number of hydrogen-bond acceptors (Lipinski definition) is 3. The number of anilines is 1. The van der Waals surface area contributed by atoms with Gasteiger partial charge in [0.25, 0.3) is 5.91 Å². The summed E-state index contributed by atoms with van der Waals surface area (Å²) < 4.78 is 5.34. The Morgan fingerprint density at radius 1 is 1.33 bits per heavy atom. The molecule has 0 saturated carbocycles. The van der Waals surface area contributed by atoms with Gasteiger partial charge >= 0.3 is 0 Å². The second kappa shape index (κ2) is 6.83. The van der Waals surface area contributed by atoms with Gasteiger partial charge in [0, 0.05) is 17.8 Å². The average Bonchev–Trinajstić information content (AvgIpc) is 2.89. The molecule has 0 aliphatic carbocycles. The molecule has 0 saturated heterocycles. The number of hydrogen-bond donors (Lipinski definition) is 2. The fourth-order valence-electron chi connectivity index (χ4n) is 1.59. The lowest BCUT2D eigenvalue weighted by Gasteiger charge is -2.06. The van der Waals surface area contributed by atoms with Crippen LogP contribution in [0.3, 0.4) is 0 Å². The highest BCUT2D eigenvalue weighted by Gasteiger charge is 2.09. The molecule has 0 aliphatic heterocycles. The first-order valence-electron chi connectivity index (χ1n) is 6.38. The summed E-state index contributed by atoms with van der Waals surface area (Å²) in [4.78, 5) is 11.8. The topological polar surface area (TPSA) is 67.0 Å². The number of aromatic nitrogens is 2. The van der Waals surface area contributed by atoms with Crippen molar-refractivity contribution in [1.82, 2.24) is 10.2 Å². The molecule has 1 aromatic carbocycles. The number of carbonyl (C=O) groups excluding carboxylic acids is 1. The van der Waals surface area contributed by atoms with Crippen LogP contribution in [0.1, 0.15) is 25.5 Å². The Morgan fingerprint density at radius 2 is 2.10 bits per heavy atom. The molecule has 0 radical (unpaired) electrons. The number of benzene rings is 1. The molecule has 2 rings (SSSR count). The van der Waals surface area contributed by atoms with Crippen molar-refractivity contribution in [3.8, 4) is 5.75 Å². The fourth-order valence-corrected chi connectivity index (χ4v) is 1.88. The number of carbonyl (C=O) groups is 1. The molecule has 0 atom stereocenters. The third-order valence-corrected chi connectivity index (χ3v) is 3.49. The van der Waals surface area contributed by atoms with Crippen molar-refractivity contribution in [1.29, 1.82) is 0 Å². The largest absolute Gasteiger partial charge is 0.484 e. The minimum absolute atomic E-state index is 0.137. The van der Waals surface area contributed by atoms with E-state index in [1.54, 1.807) is 24.3 Å². The van der Waals surface area contributed by atoms with Crippen molar-refractivity contribution < 1.29 is 9.53 Å². The summed E-state index contributed by atoms with van der Waals surface area (Å²) in [6.07, 6.45) is 0. The summed E-state index contributed by atoms with van der Waals surface area (Å²) >= 11 is 11.7.